The monoisotopic (exact) mass is 363 g/mol. The molecule has 0 saturated heterocycles. The number of phenolic OH excluding ortho intramolecular Hbond substituents is 1. The first-order chi connectivity index (χ1) is 11.7. The minimum atomic E-state index is -3.97. The van der Waals surface area contributed by atoms with Crippen LogP contribution in [0.1, 0.15) is 0 Å². The van der Waals surface area contributed by atoms with Gasteiger partial charge in [0.2, 0.25) is 9.84 Å². The first kappa shape index (κ1) is 17.2. The molecule has 0 saturated carbocycles. The third kappa shape index (κ3) is 2.92. The second-order valence-corrected chi connectivity index (χ2v) is 7.91. The molecule has 1 heterocycles. The van der Waals surface area contributed by atoms with E-state index < -0.39 is 14.8 Å². The molecule has 0 spiro atoms. The molecule has 0 fully saturated rings. The van der Waals surface area contributed by atoms with Gasteiger partial charge >= 0.3 is 0 Å². The average Bonchev–Trinajstić information content (AvgIpc) is 2.54. The summed E-state index contributed by atoms with van der Waals surface area (Å²) in [7, 11) is -0.175. The summed E-state index contributed by atoms with van der Waals surface area (Å²) < 4.78 is 25.9. The molecule has 0 bridgehead atoms. The maximum absolute atomic E-state index is 12.9. The van der Waals surface area contributed by atoms with Gasteiger partial charge in [-0.25, -0.2) is 8.42 Å². The summed E-state index contributed by atoms with van der Waals surface area (Å²) in [5, 5.41) is 20.8. The van der Waals surface area contributed by atoms with Crippen molar-refractivity contribution >= 4 is 26.9 Å². The van der Waals surface area contributed by atoms with Crippen LogP contribution in [0.15, 0.2) is 46.2 Å². The van der Waals surface area contributed by atoms with Crippen molar-refractivity contribution < 1.29 is 18.4 Å². The van der Waals surface area contributed by atoms with Crippen molar-refractivity contribution in [3.8, 4) is 5.75 Å². The van der Waals surface area contributed by atoms with Crippen LogP contribution in [0.25, 0.3) is 0 Å². The highest BCUT2D eigenvalue weighted by Crippen LogP contribution is 2.46. The number of sulfone groups is 1. The van der Waals surface area contributed by atoms with Crippen molar-refractivity contribution in [1.29, 1.82) is 0 Å². The summed E-state index contributed by atoms with van der Waals surface area (Å²) >= 11 is 0. The molecule has 0 radical (unpaired) electrons. The maximum Gasteiger partial charge on any atom is 0.270 e. The predicted octanol–water partition coefficient (Wildman–Crippen LogP) is 2.15. The predicted molar refractivity (Wildman–Crippen MR) is 92.2 cm³/mol. The maximum atomic E-state index is 12.9. The summed E-state index contributed by atoms with van der Waals surface area (Å²) in [5.41, 5.74) is 0.546. The van der Waals surface area contributed by atoms with Gasteiger partial charge in [0.15, 0.2) is 0 Å². The number of hydrogen-bond acceptors (Lipinski definition) is 7. The second-order valence-electron chi connectivity index (χ2n) is 6.02. The molecule has 9 heteroatoms. The third-order valence-corrected chi connectivity index (χ3v) is 5.84. The Morgan fingerprint density at radius 1 is 1.12 bits per heavy atom. The van der Waals surface area contributed by atoms with E-state index in [1.807, 2.05) is 19.0 Å². The summed E-state index contributed by atoms with van der Waals surface area (Å²) in [6.45, 7) is 1.14. The number of aromatic hydroxyl groups is 1. The minimum absolute atomic E-state index is 0.0562. The van der Waals surface area contributed by atoms with Gasteiger partial charge in [-0.1, -0.05) is 0 Å². The first-order valence-corrected chi connectivity index (χ1v) is 8.99. The van der Waals surface area contributed by atoms with Gasteiger partial charge in [0.25, 0.3) is 5.69 Å². The zero-order valence-electron chi connectivity index (χ0n) is 13.7. The highest BCUT2D eigenvalue weighted by Gasteiger charge is 2.35. The fourth-order valence-corrected chi connectivity index (χ4v) is 4.48. The van der Waals surface area contributed by atoms with Crippen LogP contribution in [0.3, 0.4) is 0 Å². The molecule has 0 aromatic heterocycles. The van der Waals surface area contributed by atoms with E-state index in [1.54, 1.807) is 11.0 Å². The van der Waals surface area contributed by atoms with Crippen molar-refractivity contribution in [3.05, 3.63) is 46.5 Å². The molecule has 0 atom stereocenters. The number of rotatable bonds is 4. The van der Waals surface area contributed by atoms with Crippen LogP contribution in [0.4, 0.5) is 17.1 Å². The highest BCUT2D eigenvalue weighted by atomic mass is 32.2. The zero-order chi connectivity index (χ0) is 18.4. The van der Waals surface area contributed by atoms with Crippen molar-refractivity contribution in [1.82, 2.24) is 4.90 Å². The molecular weight excluding hydrogens is 346 g/mol. The summed E-state index contributed by atoms with van der Waals surface area (Å²) in [6.07, 6.45) is 0. The highest BCUT2D eigenvalue weighted by molar-refractivity contribution is 7.92. The molecule has 0 amide bonds. The van der Waals surface area contributed by atoms with Crippen LogP contribution in [0.5, 0.6) is 5.75 Å². The Bertz CT molecular complexity index is 956. The Kier molecular flexibility index (Phi) is 4.13. The lowest BCUT2D eigenvalue weighted by molar-refractivity contribution is -0.385. The minimum Gasteiger partial charge on any atom is -0.508 e. The Morgan fingerprint density at radius 2 is 1.72 bits per heavy atom. The van der Waals surface area contributed by atoms with E-state index in [-0.39, 0.29) is 21.2 Å². The van der Waals surface area contributed by atoms with Gasteiger partial charge < -0.3 is 14.9 Å². The molecule has 1 aliphatic heterocycles. The van der Waals surface area contributed by atoms with Gasteiger partial charge in [-0.3, -0.25) is 10.1 Å². The Labute approximate surface area is 145 Å². The second kappa shape index (κ2) is 6.01. The van der Waals surface area contributed by atoms with Gasteiger partial charge in [-0.15, -0.1) is 0 Å². The van der Waals surface area contributed by atoms with E-state index in [2.05, 4.69) is 0 Å². The van der Waals surface area contributed by atoms with Crippen LogP contribution in [-0.2, 0) is 9.84 Å². The molecule has 1 N–H and O–H groups in total. The summed E-state index contributed by atoms with van der Waals surface area (Å²) in [5.74, 6) is -0.177. The number of fused-ring (bicyclic) bond motifs is 2. The quantitative estimate of drug-likeness (QED) is 0.655. The fraction of sp³-hybridized carbons (Fsp3) is 0.250. The number of nitrogens with zero attached hydrogens (tertiary/aromatic N) is 3. The molecule has 132 valence electrons. The normalized spacial score (nSPS) is 14.9. The molecule has 2 aromatic carbocycles. The number of nitro groups is 1. The lowest BCUT2D eigenvalue weighted by Gasteiger charge is -2.33. The number of anilines is 2. The summed E-state index contributed by atoms with van der Waals surface area (Å²) in [6, 6.07) is 7.96. The molecule has 1 aliphatic rings. The number of non-ortho nitro benzene ring substituents is 1. The molecule has 25 heavy (non-hydrogen) atoms. The van der Waals surface area contributed by atoms with Crippen molar-refractivity contribution in [2.24, 2.45) is 0 Å². The number of hydrogen-bond donors (Lipinski definition) is 1. The third-order valence-electron chi connectivity index (χ3n) is 4.03. The first-order valence-electron chi connectivity index (χ1n) is 7.50. The van der Waals surface area contributed by atoms with Gasteiger partial charge in [0.1, 0.15) is 10.6 Å². The molecule has 8 nitrogen and oxygen atoms in total. The number of likely N-dealkylation sites (N-methyl/N-ethyl adjacent to an activating group) is 1. The Morgan fingerprint density at radius 3 is 2.32 bits per heavy atom. The van der Waals surface area contributed by atoms with Crippen LogP contribution >= 0.6 is 0 Å². The van der Waals surface area contributed by atoms with E-state index in [0.717, 1.165) is 6.07 Å². The van der Waals surface area contributed by atoms with Crippen LogP contribution < -0.4 is 4.90 Å². The molecule has 3 rings (SSSR count). The fourth-order valence-electron chi connectivity index (χ4n) is 2.78. The van der Waals surface area contributed by atoms with Crippen molar-refractivity contribution in [3.63, 3.8) is 0 Å². The van der Waals surface area contributed by atoms with E-state index >= 15 is 0 Å². The van der Waals surface area contributed by atoms with Gasteiger partial charge in [0, 0.05) is 31.3 Å². The molecular formula is C16H17N3O5S. The standard InChI is InChI=1S/C16H17N3O5S/c1-17(2)7-8-18-13-5-3-11(19(21)22)9-15(13)25(23,24)16-10-12(20)4-6-14(16)18/h3-6,9-10,20H,7-8H2,1-2H3. The average molecular weight is 363 g/mol. The van der Waals surface area contributed by atoms with E-state index in [0.29, 0.717) is 24.5 Å². The molecule has 0 aliphatic carbocycles. The molecule has 2 aromatic rings. The van der Waals surface area contributed by atoms with Gasteiger partial charge in [0.05, 0.1) is 21.2 Å². The number of benzene rings is 2. The SMILES string of the molecule is CN(C)CCN1c2ccc(O)cc2S(=O)(=O)c2cc([N+](=O)[O-])ccc21. The smallest absolute Gasteiger partial charge is 0.270 e. The van der Waals surface area contributed by atoms with Crippen LogP contribution in [-0.4, -0.2) is 50.5 Å². The van der Waals surface area contributed by atoms with Crippen LogP contribution in [0, 0.1) is 10.1 Å². The van der Waals surface area contributed by atoms with Crippen molar-refractivity contribution in [2.75, 3.05) is 32.1 Å². The lowest BCUT2D eigenvalue weighted by atomic mass is 10.2. The van der Waals surface area contributed by atoms with Gasteiger partial charge in [-0.05, 0) is 32.3 Å². The molecule has 0 unspecified atom stereocenters. The van der Waals surface area contributed by atoms with E-state index in [1.165, 1.54) is 24.3 Å². The number of nitro benzene ring substituents is 1. The Balaban J connectivity index is 2.25. The van der Waals surface area contributed by atoms with Gasteiger partial charge in [-0.2, -0.15) is 0 Å². The van der Waals surface area contributed by atoms with Crippen molar-refractivity contribution in [2.45, 2.75) is 9.79 Å². The zero-order valence-corrected chi connectivity index (χ0v) is 14.5. The summed E-state index contributed by atoms with van der Waals surface area (Å²) in [4.78, 5) is 14.0. The lowest BCUT2D eigenvalue weighted by Crippen LogP contribution is -2.32. The largest absolute Gasteiger partial charge is 0.508 e. The Hall–Kier alpha value is -2.65. The topological polar surface area (TPSA) is 104 Å². The van der Waals surface area contributed by atoms with E-state index in [9.17, 15) is 23.6 Å². The van der Waals surface area contributed by atoms with Crippen LogP contribution in [0.2, 0.25) is 0 Å². The van der Waals surface area contributed by atoms with E-state index in [4.69, 9.17) is 0 Å². The number of phenols is 1.